The van der Waals surface area contributed by atoms with Gasteiger partial charge in [-0.15, -0.1) is 11.8 Å². The molecule has 3 rings (SSSR count). The highest BCUT2D eigenvalue weighted by atomic mass is 127. The van der Waals surface area contributed by atoms with Crippen LogP contribution in [0.5, 0.6) is 0 Å². The van der Waals surface area contributed by atoms with Crippen LogP contribution in [0.1, 0.15) is 12.8 Å². The molecule has 1 aliphatic rings. The van der Waals surface area contributed by atoms with Crippen LogP contribution in [0.2, 0.25) is 0 Å². The Labute approximate surface area is 169 Å². The fourth-order valence-electron chi connectivity index (χ4n) is 3.00. The van der Waals surface area contributed by atoms with Gasteiger partial charge in [-0.1, -0.05) is 12.1 Å². The van der Waals surface area contributed by atoms with Gasteiger partial charge in [0.1, 0.15) is 11.6 Å². The van der Waals surface area contributed by atoms with E-state index >= 15 is 0 Å². The minimum Gasteiger partial charge on any atom is -0.378 e. The molecule has 1 saturated heterocycles. The lowest BCUT2D eigenvalue weighted by Gasteiger charge is -2.30. The standard InChI is InChI=1S/C19H18F2INO2S/c20-15-3-6-17(18(21)11-15)14-1-4-16(5-2-14)26-12-13-7-9-23(10-8-13)19(24)25-22/h1-6,11,13H,7-10,12H2. The third-order valence-corrected chi connectivity index (χ3v) is 6.14. The minimum atomic E-state index is -0.573. The van der Waals surface area contributed by atoms with Crippen LogP contribution in [0.4, 0.5) is 13.6 Å². The van der Waals surface area contributed by atoms with E-state index in [0.29, 0.717) is 11.5 Å². The Morgan fingerprint density at radius 3 is 2.46 bits per heavy atom. The van der Waals surface area contributed by atoms with Gasteiger partial charge in [0, 0.05) is 35.4 Å². The lowest BCUT2D eigenvalue weighted by Crippen LogP contribution is -2.38. The molecule has 1 aliphatic heterocycles. The summed E-state index contributed by atoms with van der Waals surface area (Å²) >= 11 is 3.38. The second-order valence-corrected chi connectivity index (χ2v) is 7.77. The normalized spacial score (nSPS) is 15.1. The van der Waals surface area contributed by atoms with Crippen molar-refractivity contribution in [3.63, 3.8) is 0 Å². The van der Waals surface area contributed by atoms with Crippen molar-refractivity contribution in [1.29, 1.82) is 0 Å². The topological polar surface area (TPSA) is 29.5 Å². The number of likely N-dealkylation sites (tertiary alicyclic amines) is 1. The molecule has 26 heavy (non-hydrogen) atoms. The molecule has 0 N–H and O–H groups in total. The van der Waals surface area contributed by atoms with Crippen molar-refractivity contribution in [2.75, 3.05) is 18.8 Å². The van der Waals surface area contributed by atoms with E-state index in [9.17, 15) is 13.6 Å². The first-order chi connectivity index (χ1) is 12.6. The molecule has 0 unspecified atom stereocenters. The number of amides is 1. The van der Waals surface area contributed by atoms with Crippen molar-refractivity contribution in [3.05, 3.63) is 54.1 Å². The number of benzene rings is 2. The first-order valence-corrected chi connectivity index (χ1v) is 10.2. The van der Waals surface area contributed by atoms with Gasteiger partial charge in [0.25, 0.3) is 0 Å². The second kappa shape index (κ2) is 9.03. The number of piperidine rings is 1. The highest BCUT2D eigenvalue weighted by molar-refractivity contribution is 14.1. The maximum absolute atomic E-state index is 13.9. The lowest BCUT2D eigenvalue weighted by atomic mass is 9.99. The molecular formula is C19H18F2INO2S. The zero-order chi connectivity index (χ0) is 18.5. The number of hydrogen-bond acceptors (Lipinski definition) is 3. The summed E-state index contributed by atoms with van der Waals surface area (Å²) in [4.78, 5) is 14.3. The van der Waals surface area contributed by atoms with Crippen molar-refractivity contribution in [2.45, 2.75) is 17.7 Å². The van der Waals surface area contributed by atoms with E-state index in [0.717, 1.165) is 48.2 Å². The minimum absolute atomic E-state index is 0.264. The van der Waals surface area contributed by atoms with E-state index in [1.807, 2.05) is 24.3 Å². The molecule has 7 heteroatoms. The monoisotopic (exact) mass is 489 g/mol. The average molecular weight is 489 g/mol. The van der Waals surface area contributed by atoms with Crippen molar-refractivity contribution in [1.82, 2.24) is 4.90 Å². The van der Waals surface area contributed by atoms with Crippen LogP contribution in [-0.2, 0) is 3.07 Å². The molecule has 1 amide bonds. The summed E-state index contributed by atoms with van der Waals surface area (Å²) < 4.78 is 31.6. The highest BCUT2D eigenvalue weighted by Gasteiger charge is 2.23. The quantitative estimate of drug-likeness (QED) is 0.395. The Kier molecular flexibility index (Phi) is 6.74. The number of thioether (sulfide) groups is 1. The fraction of sp³-hybridized carbons (Fsp3) is 0.316. The summed E-state index contributed by atoms with van der Waals surface area (Å²) in [6.45, 7) is 1.46. The number of rotatable bonds is 4. The first kappa shape index (κ1) is 19.4. The number of halogens is 3. The van der Waals surface area contributed by atoms with Gasteiger partial charge in [-0.25, -0.2) is 13.6 Å². The maximum atomic E-state index is 13.9. The van der Waals surface area contributed by atoms with E-state index in [1.165, 1.54) is 12.1 Å². The molecule has 0 aliphatic carbocycles. The van der Waals surface area contributed by atoms with Crippen molar-refractivity contribution in [2.24, 2.45) is 5.92 Å². The number of carbonyl (C=O) groups excluding carboxylic acids is 1. The van der Waals surface area contributed by atoms with Gasteiger partial charge in [0.2, 0.25) is 0 Å². The Bertz CT molecular complexity index is 765. The molecule has 1 fully saturated rings. The Balaban J connectivity index is 1.53. The van der Waals surface area contributed by atoms with Gasteiger partial charge in [0.05, 0.1) is 0 Å². The van der Waals surface area contributed by atoms with Crippen LogP contribution in [-0.4, -0.2) is 29.8 Å². The van der Waals surface area contributed by atoms with E-state index in [1.54, 1.807) is 39.7 Å². The molecule has 138 valence electrons. The van der Waals surface area contributed by atoms with Crippen LogP contribution >= 0.6 is 34.8 Å². The molecule has 0 atom stereocenters. The van der Waals surface area contributed by atoms with Crippen LogP contribution in [0.25, 0.3) is 11.1 Å². The van der Waals surface area contributed by atoms with E-state index < -0.39 is 11.6 Å². The summed E-state index contributed by atoms with van der Waals surface area (Å²) in [5.74, 6) is 0.420. The molecule has 0 saturated carbocycles. The Hall–Kier alpha value is -1.35. The van der Waals surface area contributed by atoms with E-state index in [4.69, 9.17) is 3.07 Å². The Morgan fingerprint density at radius 2 is 1.85 bits per heavy atom. The molecule has 0 spiro atoms. The lowest BCUT2D eigenvalue weighted by molar-refractivity contribution is 0.147. The first-order valence-electron chi connectivity index (χ1n) is 8.32. The number of carbonyl (C=O) groups is 1. The third-order valence-electron chi connectivity index (χ3n) is 4.52. The maximum Gasteiger partial charge on any atom is 0.419 e. The van der Waals surface area contributed by atoms with Crippen molar-refractivity contribution < 1.29 is 16.6 Å². The molecule has 2 aromatic carbocycles. The molecule has 0 bridgehead atoms. The summed E-state index contributed by atoms with van der Waals surface area (Å²) in [6.07, 6.45) is 1.68. The smallest absolute Gasteiger partial charge is 0.378 e. The summed E-state index contributed by atoms with van der Waals surface area (Å²) in [6, 6.07) is 11.3. The zero-order valence-corrected chi connectivity index (χ0v) is 16.9. The summed E-state index contributed by atoms with van der Waals surface area (Å²) in [7, 11) is 0. The van der Waals surface area contributed by atoms with Crippen LogP contribution in [0, 0.1) is 17.6 Å². The summed E-state index contributed by atoms with van der Waals surface area (Å²) in [5, 5.41) is 0. The largest absolute Gasteiger partial charge is 0.419 e. The fourth-order valence-corrected chi connectivity index (χ4v) is 4.37. The number of hydrogen-bond donors (Lipinski definition) is 0. The van der Waals surface area contributed by atoms with Crippen molar-refractivity contribution >= 4 is 40.9 Å². The summed E-state index contributed by atoms with van der Waals surface area (Å²) in [5.41, 5.74) is 1.13. The van der Waals surface area contributed by atoms with Crippen LogP contribution in [0.3, 0.4) is 0 Å². The van der Waals surface area contributed by atoms with Gasteiger partial charge < -0.3 is 7.97 Å². The van der Waals surface area contributed by atoms with Gasteiger partial charge in [0.15, 0.2) is 23.0 Å². The molecule has 1 heterocycles. The zero-order valence-electron chi connectivity index (χ0n) is 14.0. The highest BCUT2D eigenvalue weighted by Crippen LogP contribution is 2.30. The second-order valence-electron chi connectivity index (χ2n) is 6.23. The molecule has 3 nitrogen and oxygen atoms in total. The van der Waals surface area contributed by atoms with Crippen molar-refractivity contribution in [3.8, 4) is 11.1 Å². The van der Waals surface area contributed by atoms with Crippen LogP contribution < -0.4 is 0 Å². The average Bonchev–Trinajstić information content (AvgIpc) is 2.67. The van der Waals surface area contributed by atoms with Gasteiger partial charge in [-0.05, 0) is 48.6 Å². The van der Waals surface area contributed by atoms with Gasteiger partial charge in [-0.2, -0.15) is 0 Å². The molecule has 2 aromatic rings. The Morgan fingerprint density at radius 1 is 1.15 bits per heavy atom. The van der Waals surface area contributed by atoms with E-state index in [-0.39, 0.29) is 6.09 Å². The molecular weight excluding hydrogens is 471 g/mol. The van der Waals surface area contributed by atoms with Gasteiger partial charge in [-0.3, -0.25) is 0 Å². The predicted octanol–water partition coefficient (Wildman–Crippen LogP) is 5.92. The SMILES string of the molecule is O=C(OI)N1CCC(CSc2ccc(-c3ccc(F)cc3F)cc2)CC1. The van der Waals surface area contributed by atoms with Gasteiger partial charge >= 0.3 is 6.09 Å². The molecule has 0 aromatic heterocycles. The van der Waals surface area contributed by atoms with Crippen LogP contribution in [0.15, 0.2) is 47.4 Å². The molecule has 0 radical (unpaired) electrons. The van der Waals surface area contributed by atoms with E-state index in [2.05, 4.69) is 0 Å². The predicted molar refractivity (Wildman–Crippen MR) is 107 cm³/mol. The third kappa shape index (κ3) is 4.88. The number of nitrogens with zero attached hydrogens (tertiary/aromatic N) is 1.